The molecule has 0 aliphatic carbocycles. The van der Waals surface area contributed by atoms with Crippen molar-refractivity contribution in [3.05, 3.63) is 69.7 Å². The molecule has 0 aliphatic rings. The average Bonchev–Trinajstić information content (AvgIpc) is 3.03. The van der Waals surface area contributed by atoms with E-state index in [4.69, 9.17) is 11.5 Å². The van der Waals surface area contributed by atoms with E-state index in [1.54, 1.807) is 23.5 Å². The van der Waals surface area contributed by atoms with Gasteiger partial charge in [-0.2, -0.15) is 0 Å². The highest BCUT2D eigenvalue weighted by Gasteiger charge is 2.10. The lowest BCUT2D eigenvalue weighted by molar-refractivity contribution is 0.602. The smallest absolute Gasteiger partial charge is 0.175 e. The van der Waals surface area contributed by atoms with Crippen molar-refractivity contribution in [3.8, 4) is 0 Å². The number of hydrogen-bond donors (Lipinski definition) is 2. The normalized spacial score (nSPS) is 11.6. The molecule has 0 radical (unpaired) electrons. The topological polar surface area (TPSA) is 99.1 Å². The summed E-state index contributed by atoms with van der Waals surface area (Å²) in [6, 6.07) is 12.8. The second-order valence-electron chi connectivity index (χ2n) is 6.28. The molecule has 0 saturated carbocycles. The highest BCUT2D eigenvalue weighted by molar-refractivity contribution is 7.90. The summed E-state index contributed by atoms with van der Waals surface area (Å²) in [6.07, 6.45) is 3.62. The van der Waals surface area contributed by atoms with Crippen LogP contribution in [0.15, 0.2) is 52.9 Å². The van der Waals surface area contributed by atoms with Crippen LogP contribution in [0.5, 0.6) is 0 Å². The standard InChI is InChI=1S/C19H21N3O2S2/c1-26(23,24)15-6-2-14(3-7-15)11-19-18(22-12-25-19)9-5-13-4-8-16(20)17(21)10-13/h2-4,6-8,10,12H,5,9,11,20-21H2,1H3. The highest BCUT2D eigenvalue weighted by Crippen LogP contribution is 2.22. The maximum Gasteiger partial charge on any atom is 0.175 e. The number of aromatic nitrogens is 1. The van der Waals surface area contributed by atoms with Crippen molar-refractivity contribution in [1.29, 1.82) is 0 Å². The summed E-state index contributed by atoms with van der Waals surface area (Å²) in [5.41, 5.74) is 17.9. The monoisotopic (exact) mass is 387 g/mol. The Morgan fingerprint density at radius 1 is 0.962 bits per heavy atom. The molecule has 0 atom stereocenters. The fourth-order valence-corrected chi connectivity index (χ4v) is 4.20. The Labute approximate surface area is 157 Å². The predicted octanol–water partition coefficient (Wildman–Crippen LogP) is 3.09. The van der Waals surface area contributed by atoms with Crippen LogP contribution < -0.4 is 11.5 Å². The Balaban J connectivity index is 1.69. The third-order valence-electron chi connectivity index (χ3n) is 4.24. The first kappa shape index (κ1) is 18.4. The maximum absolute atomic E-state index is 11.6. The van der Waals surface area contributed by atoms with Gasteiger partial charge in [0, 0.05) is 17.6 Å². The third kappa shape index (κ3) is 4.42. The van der Waals surface area contributed by atoms with Crippen LogP contribution in [0.25, 0.3) is 0 Å². The molecular weight excluding hydrogens is 366 g/mol. The number of sulfone groups is 1. The third-order valence-corrected chi connectivity index (χ3v) is 6.25. The summed E-state index contributed by atoms with van der Waals surface area (Å²) in [7, 11) is -3.16. The number of hydrogen-bond acceptors (Lipinski definition) is 6. The van der Waals surface area contributed by atoms with E-state index >= 15 is 0 Å². The van der Waals surface area contributed by atoms with E-state index < -0.39 is 9.84 Å². The molecule has 5 nitrogen and oxygen atoms in total. The van der Waals surface area contributed by atoms with E-state index in [1.165, 1.54) is 11.1 Å². The molecule has 0 saturated heterocycles. The fraction of sp³-hybridized carbons (Fsp3) is 0.211. The Hall–Kier alpha value is -2.38. The van der Waals surface area contributed by atoms with Crippen LogP contribution in [0.3, 0.4) is 0 Å². The summed E-state index contributed by atoms with van der Waals surface area (Å²) in [4.78, 5) is 6.03. The first-order valence-electron chi connectivity index (χ1n) is 8.17. The van der Waals surface area contributed by atoms with Crippen molar-refractivity contribution in [2.75, 3.05) is 17.7 Å². The second-order valence-corrected chi connectivity index (χ2v) is 9.23. The first-order valence-corrected chi connectivity index (χ1v) is 10.9. The molecule has 26 heavy (non-hydrogen) atoms. The Morgan fingerprint density at radius 2 is 1.65 bits per heavy atom. The van der Waals surface area contributed by atoms with Gasteiger partial charge in [-0.25, -0.2) is 13.4 Å². The Morgan fingerprint density at radius 3 is 2.31 bits per heavy atom. The summed E-state index contributed by atoms with van der Waals surface area (Å²) in [6.45, 7) is 0. The van der Waals surface area contributed by atoms with Gasteiger partial charge < -0.3 is 11.5 Å². The van der Waals surface area contributed by atoms with E-state index in [-0.39, 0.29) is 0 Å². The number of rotatable bonds is 6. The molecule has 0 amide bonds. The molecule has 136 valence electrons. The average molecular weight is 388 g/mol. The molecular formula is C19H21N3O2S2. The lowest BCUT2D eigenvalue weighted by Gasteiger charge is -2.06. The maximum atomic E-state index is 11.6. The minimum atomic E-state index is -3.16. The zero-order valence-electron chi connectivity index (χ0n) is 14.5. The van der Waals surface area contributed by atoms with Crippen LogP contribution in [0.2, 0.25) is 0 Å². The van der Waals surface area contributed by atoms with Gasteiger partial charge >= 0.3 is 0 Å². The SMILES string of the molecule is CS(=O)(=O)c1ccc(Cc2scnc2CCc2ccc(N)c(N)c2)cc1. The van der Waals surface area contributed by atoms with Crippen molar-refractivity contribution in [3.63, 3.8) is 0 Å². The molecule has 4 N–H and O–H groups in total. The minimum absolute atomic E-state index is 0.340. The van der Waals surface area contributed by atoms with Crippen molar-refractivity contribution in [2.45, 2.75) is 24.2 Å². The highest BCUT2D eigenvalue weighted by atomic mass is 32.2. The number of nitrogens with zero attached hydrogens (tertiary/aromatic N) is 1. The summed E-state index contributed by atoms with van der Waals surface area (Å²) >= 11 is 1.62. The second kappa shape index (κ2) is 7.47. The summed E-state index contributed by atoms with van der Waals surface area (Å²) < 4.78 is 23.1. The molecule has 7 heteroatoms. The number of benzene rings is 2. The Kier molecular flexibility index (Phi) is 5.29. The van der Waals surface area contributed by atoms with Crippen molar-refractivity contribution >= 4 is 32.5 Å². The first-order chi connectivity index (χ1) is 12.3. The van der Waals surface area contributed by atoms with Crippen LogP contribution in [0.1, 0.15) is 21.7 Å². The number of nitrogen functional groups attached to an aromatic ring is 2. The van der Waals surface area contributed by atoms with Crippen LogP contribution in [0, 0.1) is 0 Å². The van der Waals surface area contributed by atoms with Gasteiger partial charge in [-0.15, -0.1) is 11.3 Å². The summed E-state index contributed by atoms with van der Waals surface area (Å²) in [5.74, 6) is 0. The van der Waals surface area contributed by atoms with Gasteiger partial charge in [-0.3, -0.25) is 0 Å². The van der Waals surface area contributed by atoms with Gasteiger partial charge in [0.15, 0.2) is 9.84 Å². The van der Waals surface area contributed by atoms with E-state index in [2.05, 4.69) is 4.98 Å². The van der Waals surface area contributed by atoms with Crippen molar-refractivity contribution in [2.24, 2.45) is 0 Å². The zero-order chi connectivity index (χ0) is 18.7. The zero-order valence-corrected chi connectivity index (χ0v) is 16.1. The van der Waals surface area contributed by atoms with Gasteiger partial charge in [0.1, 0.15) is 0 Å². The van der Waals surface area contributed by atoms with Gasteiger partial charge in [-0.1, -0.05) is 18.2 Å². The largest absolute Gasteiger partial charge is 0.397 e. The van der Waals surface area contributed by atoms with Crippen LogP contribution >= 0.6 is 11.3 Å². The minimum Gasteiger partial charge on any atom is -0.397 e. The van der Waals surface area contributed by atoms with E-state index in [0.29, 0.717) is 16.3 Å². The Bertz CT molecular complexity index is 1010. The van der Waals surface area contributed by atoms with Crippen molar-refractivity contribution in [1.82, 2.24) is 4.98 Å². The molecule has 0 aliphatic heterocycles. The van der Waals surface area contributed by atoms with E-state index in [1.807, 2.05) is 35.8 Å². The quantitative estimate of drug-likeness (QED) is 0.633. The van der Waals surface area contributed by atoms with Gasteiger partial charge in [0.2, 0.25) is 0 Å². The predicted molar refractivity (Wildman–Crippen MR) is 107 cm³/mol. The molecule has 3 aromatic rings. The molecule has 0 bridgehead atoms. The molecule has 0 spiro atoms. The molecule has 0 fully saturated rings. The molecule has 0 unspecified atom stereocenters. The lowest BCUT2D eigenvalue weighted by Crippen LogP contribution is -2.00. The van der Waals surface area contributed by atoms with E-state index in [9.17, 15) is 8.42 Å². The van der Waals surface area contributed by atoms with Crippen molar-refractivity contribution < 1.29 is 8.42 Å². The number of anilines is 2. The molecule has 2 aromatic carbocycles. The van der Waals surface area contributed by atoms with Gasteiger partial charge in [-0.05, 0) is 48.2 Å². The van der Waals surface area contributed by atoms with Crippen LogP contribution in [0.4, 0.5) is 11.4 Å². The number of thiazole rings is 1. The van der Waals surface area contributed by atoms with Gasteiger partial charge in [0.05, 0.1) is 27.5 Å². The summed E-state index contributed by atoms with van der Waals surface area (Å²) in [5, 5.41) is 0. The number of aryl methyl sites for hydroxylation is 2. The number of nitrogens with two attached hydrogens (primary N) is 2. The van der Waals surface area contributed by atoms with E-state index in [0.717, 1.165) is 36.1 Å². The molecule has 3 rings (SSSR count). The van der Waals surface area contributed by atoms with Crippen LogP contribution in [-0.2, 0) is 29.1 Å². The van der Waals surface area contributed by atoms with Gasteiger partial charge in [0.25, 0.3) is 0 Å². The fourth-order valence-electron chi connectivity index (χ4n) is 2.72. The molecule has 1 aromatic heterocycles. The van der Waals surface area contributed by atoms with Crippen LogP contribution in [-0.4, -0.2) is 19.7 Å². The lowest BCUT2D eigenvalue weighted by atomic mass is 10.0. The molecule has 1 heterocycles.